The van der Waals surface area contributed by atoms with E-state index in [1.807, 2.05) is 0 Å². The predicted molar refractivity (Wildman–Crippen MR) is 158 cm³/mol. The van der Waals surface area contributed by atoms with E-state index in [1.54, 1.807) is 41.7 Å². The number of nitrogens with one attached hydrogen (secondary N) is 4. The molecule has 0 radical (unpaired) electrons. The van der Waals surface area contributed by atoms with Crippen LogP contribution in [0, 0.1) is 0 Å². The molecular formula is C25H28N6O8S3. The third-order valence-corrected chi connectivity index (χ3v) is 10.9. The zero-order valence-corrected chi connectivity index (χ0v) is 24.8. The number of carboxylic acids is 1. The van der Waals surface area contributed by atoms with Gasteiger partial charge in [-0.1, -0.05) is 12.1 Å². The second kappa shape index (κ2) is 12.7. The molecule has 0 bridgehead atoms. The first kappa shape index (κ1) is 29.9. The number of carbonyl (C=O) groups excluding carboxylic acids is 5. The summed E-state index contributed by atoms with van der Waals surface area (Å²) in [5, 5.41) is 20.6. The van der Waals surface area contributed by atoms with E-state index in [1.165, 1.54) is 18.7 Å². The van der Waals surface area contributed by atoms with E-state index in [9.17, 15) is 33.9 Å². The maximum atomic E-state index is 13.2. The SMILES string of the molecule is CC(=O)OCC1=C(C(=O)O)N2C(=O)C(NC(=O)Cc3cccc(NC4SCCS4)c3NC(=O)N3CCNC3=O)[C@@H]2SC1. The van der Waals surface area contributed by atoms with Crippen molar-refractivity contribution >= 4 is 82.5 Å². The Kier molecular flexibility index (Phi) is 9.08. The number of fused-ring (bicyclic) bond motifs is 1. The number of carbonyl (C=O) groups is 6. The molecule has 1 aromatic rings. The van der Waals surface area contributed by atoms with Crippen molar-refractivity contribution in [1.82, 2.24) is 20.4 Å². The van der Waals surface area contributed by atoms with Gasteiger partial charge in [0.2, 0.25) is 5.91 Å². The van der Waals surface area contributed by atoms with Crippen LogP contribution in [0.15, 0.2) is 29.5 Å². The molecule has 14 nitrogen and oxygen atoms in total. The van der Waals surface area contributed by atoms with Crippen LogP contribution >= 0.6 is 35.3 Å². The molecule has 1 aromatic carbocycles. The average molecular weight is 637 g/mol. The van der Waals surface area contributed by atoms with Crippen molar-refractivity contribution in [3.8, 4) is 0 Å². The lowest BCUT2D eigenvalue weighted by Gasteiger charge is -2.49. The molecule has 0 saturated carbocycles. The molecular weight excluding hydrogens is 609 g/mol. The topological polar surface area (TPSA) is 186 Å². The lowest BCUT2D eigenvalue weighted by Crippen LogP contribution is -2.70. The third-order valence-electron chi connectivity index (χ3n) is 6.75. The van der Waals surface area contributed by atoms with E-state index in [4.69, 9.17) is 4.74 Å². The molecule has 5 rings (SSSR count). The highest BCUT2D eigenvalue weighted by atomic mass is 32.2. The smallest absolute Gasteiger partial charge is 0.352 e. The summed E-state index contributed by atoms with van der Waals surface area (Å²) in [6, 6.07) is 3.10. The number of ether oxygens (including phenoxy) is 1. The molecule has 2 atom stereocenters. The van der Waals surface area contributed by atoms with Crippen molar-refractivity contribution in [2.24, 2.45) is 0 Å². The predicted octanol–water partition coefficient (Wildman–Crippen LogP) is 1.26. The number of urea groups is 2. The summed E-state index contributed by atoms with van der Waals surface area (Å²) in [7, 11) is 0. The second-order valence-electron chi connectivity index (χ2n) is 9.54. The molecule has 17 heteroatoms. The zero-order valence-electron chi connectivity index (χ0n) is 22.3. The summed E-state index contributed by atoms with van der Waals surface area (Å²) >= 11 is 4.70. The Morgan fingerprint density at radius 1 is 1.14 bits per heavy atom. The number of carboxylic acid groups (broad SMARTS) is 1. The number of imide groups is 1. The molecule has 224 valence electrons. The Morgan fingerprint density at radius 3 is 2.57 bits per heavy atom. The van der Waals surface area contributed by atoms with Crippen LogP contribution in [-0.4, -0.2) is 104 Å². The number of aliphatic carboxylic acids is 1. The van der Waals surface area contributed by atoms with E-state index in [0.717, 1.165) is 21.3 Å². The maximum absolute atomic E-state index is 13.2. The first-order valence-electron chi connectivity index (χ1n) is 12.9. The Hall–Kier alpha value is -3.57. The Balaban J connectivity index is 1.31. The van der Waals surface area contributed by atoms with Crippen LogP contribution in [-0.2, 0) is 30.3 Å². The molecule has 3 saturated heterocycles. The Morgan fingerprint density at radius 2 is 1.90 bits per heavy atom. The van der Waals surface area contributed by atoms with Crippen LogP contribution in [0.4, 0.5) is 21.0 Å². The maximum Gasteiger partial charge on any atom is 0.352 e. The minimum atomic E-state index is -1.32. The van der Waals surface area contributed by atoms with Crippen molar-refractivity contribution in [2.75, 3.05) is 47.6 Å². The van der Waals surface area contributed by atoms with E-state index >= 15 is 0 Å². The second-order valence-corrected chi connectivity index (χ2v) is 13.4. The van der Waals surface area contributed by atoms with Gasteiger partial charge in [0, 0.05) is 42.8 Å². The van der Waals surface area contributed by atoms with Crippen LogP contribution in [0.25, 0.3) is 0 Å². The van der Waals surface area contributed by atoms with E-state index < -0.39 is 47.2 Å². The Labute approximate surface area is 253 Å². The van der Waals surface area contributed by atoms with Gasteiger partial charge < -0.3 is 31.1 Å². The van der Waals surface area contributed by atoms with Crippen LogP contribution < -0.4 is 21.3 Å². The number of nitrogens with zero attached hydrogens (tertiary/aromatic N) is 2. The minimum Gasteiger partial charge on any atom is -0.477 e. The highest BCUT2D eigenvalue weighted by Gasteiger charge is 2.54. The van der Waals surface area contributed by atoms with Crippen molar-refractivity contribution < 1.29 is 38.6 Å². The number of rotatable bonds is 9. The normalized spacial score (nSPS) is 21.8. The summed E-state index contributed by atoms with van der Waals surface area (Å²) < 4.78 is 4.99. The molecule has 5 N–H and O–H groups in total. The lowest BCUT2D eigenvalue weighted by molar-refractivity contribution is -0.151. The summed E-state index contributed by atoms with van der Waals surface area (Å²) in [5.41, 5.74) is 1.46. The number of β-lactam (4-membered cyclic amide) rings is 1. The monoisotopic (exact) mass is 636 g/mol. The molecule has 0 aromatic heterocycles. The molecule has 4 heterocycles. The number of benzene rings is 1. The summed E-state index contributed by atoms with van der Waals surface area (Å²) in [4.78, 5) is 76.5. The van der Waals surface area contributed by atoms with Crippen LogP contribution in [0.5, 0.6) is 0 Å². The van der Waals surface area contributed by atoms with Gasteiger partial charge in [0.05, 0.1) is 17.8 Å². The van der Waals surface area contributed by atoms with Gasteiger partial charge in [-0.25, -0.2) is 19.3 Å². The van der Waals surface area contributed by atoms with Gasteiger partial charge >= 0.3 is 24.0 Å². The fourth-order valence-electron chi connectivity index (χ4n) is 4.80. The number of hydrogen-bond donors (Lipinski definition) is 5. The van der Waals surface area contributed by atoms with Crippen molar-refractivity contribution in [3.63, 3.8) is 0 Å². The number of esters is 1. The van der Waals surface area contributed by atoms with Gasteiger partial charge in [0.1, 0.15) is 28.4 Å². The molecule has 4 aliphatic rings. The largest absolute Gasteiger partial charge is 0.477 e. The first-order chi connectivity index (χ1) is 20.1. The summed E-state index contributed by atoms with van der Waals surface area (Å²) in [6.45, 7) is 1.51. The van der Waals surface area contributed by atoms with Gasteiger partial charge in [-0.2, -0.15) is 0 Å². The van der Waals surface area contributed by atoms with Crippen molar-refractivity contribution in [2.45, 2.75) is 29.5 Å². The van der Waals surface area contributed by atoms with Gasteiger partial charge in [0.25, 0.3) is 5.91 Å². The quantitative estimate of drug-likeness (QED) is 0.193. The fraction of sp³-hybridized carbons (Fsp3) is 0.440. The lowest BCUT2D eigenvalue weighted by atomic mass is 10.0. The van der Waals surface area contributed by atoms with E-state index in [-0.39, 0.29) is 35.7 Å². The van der Waals surface area contributed by atoms with Gasteiger partial charge in [-0.05, 0) is 11.6 Å². The van der Waals surface area contributed by atoms with Crippen LogP contribution in [0.3, 0.4) is 0 Å². The minimum absolute atomic E-state index is 0.0453. The van der Waals surface area contributed by atoms with Crippen molar-refractivity contribution in [3.05, 3.63) is 35.0 Å². The number of hydrogen-bond acceptors (Lipinski definition) is 11. The molecule has 3 fully saturated rings. The third kappa shape index (κ3) is 6.27. The highest BCUT2D eigenvalue weighted by molar-refractivity contribution is 8.20. The van der Waals surface area contributed by atoms with Gasteiger partial charge in [0.15, 0.2) is 0 Å². The Bertz CT molecular complexity index is 1370. The van der Waals surface area contributed by atoms with E-state index in [0.29, 0.717) is 29.1 Å². The molecule has 42 heavy (non-hydrogen) atoms. The number of amides is 6. The molecule has 0 aliphatic carbocycles. The van der Waals surface area contributed by atoms with Crippen LogP contribution in [0.2, 0.25) is 0 Å². The molecule has 4 aliphatic heterocycles. The van der Waals surface area contributed by atoms with Gasteiger partial charge in [-0.3, -0.25) is 19.3 Å². The van der Waals surface area contributed by atoms with E-state index in [2.05, 4.69) is 21.3 Å². The first-order valence-corrected chi connectivity index (χ1v) is 16.1. The van der Waals surface area contributed by atoms with Crippen molar-refractivity contribution in [1.29, 1.82) is 0 Å². The van der Waals surface area contributed by atoms with Gasteiger partial charge in [-0.15, -0.1) is 35.3 Å². The summed E-state index contributed by atoms with van der Waals surface area (Å²) in [6.07, 6.45) is -0.192. The van der Waals surface area contributed by atoms with Crippen LogP contribution in [0.1, 0.15) is 12.5 Å². The number of anilines is 2. The fourth-order valence-corrected chi connectivity index (χ4v) is 8.71. The summed E-state index contributed by atoms with van der Waals surface area (Å²) in [5.74, 6) is -0.838. The molecule has 1 unspecified atom stereocenters. The average Bonchev–Trinajstić information content (AvgIpc) is 3.63. The standard InChI is InChI=1S/C25H28N6O8S3/c1-12(32)39-10-14-11-42-21-18(20(34)31(21)19(14)22(35)36)28-16(33)9-13-3-2-4-15(27-25-40-7-8-41-25)17(13)29-24(38)30-6-5-26-23(30)37/h2-4,18,21,25,27H,5-11H2,1H3,(H,26,37)(H,28,33)(H,29,38)(H,35,36)/t18?,21-/m0/s1. The highest BCUT2D eigenvalue weighted by Crippen LogP contribution is 2.41. The molecule has 6 amide bonds. The zero-order chi connectivity index (χ0) is 30.0. The number of thioether (sulfide) groups is 3. The molecule has 0 spiro atoms. The number of para-hydroxylation sites is 1.